The van der Waals surface area contributed by atoms with Crippen molar-refractivity contribution in [3.05, 3.63) is 54.1 Å². The van der Waals surface area contributed by atoms with Crippen LogP contribution >= 0.6 is 0 Å². The number of nitrogens with one attached hydrogen (secondary N) is 1. The van der Waals surface area contributed by atoms with Gasteiger partial charge in [-0.05, 0) is 6.42 Å². The molecule has 0 saturated carbocycles. The molecule has 10 heteroatoms. The lowest BCUT2D eigenvalue weighted by atomic mass is 9.91. The molecule has 10 nitrogen and oxygen atoms in total. The van der Waals surface area contributed by atoms with E-state index in [1.807, 2.05) is 6.08 Å². The summed E-state index contributed by atoms with van der Waals surface area (Å²) in [4.78, 5) is 48.2. The molecule has 0 aromatic carbocycles. The number of rotatable bonds is 1. The van der Waals surface area contributed by atoms with Crippen molar-refractivity contribution < 1.29 is 0 Å². The van der Waals surface area contributed by atoms with Crippen molar-refractivity contribution in [1.82, 2.24) is 28.3 Å². The van der Waals surface area contributed by atoms with Gasteiger partial charge in [-0.1, -0.05) is 12.2 Å². The van der Waals surface area contributed by atoms with E-state index >= 15 is 0 Å². The Kier molecular flexibility index (Phi) is 2.29. The zero-order chi connectivity index (χ0) is 15.8. The standard InChI is InChI=1S/C12H14N6O4/c1-14-9(19)13-16(10(14)20)8-5-6-3-4-7(8)18-12(22)15(2)11(21)17(6)18/h3-4,6-8H,5H2,1-2H3,(H,13,19)/t6-,7+,8-/m0/s1. The third kappa shape index (κ3) is 1.34. The molecular weight excluding hydrogens is 292 g/mol. The summed E-state index contributed by atoms with van der Waals surface area (Å²) in [5.74, 6) is 0. The van der Waals surface area contributed by atoms with Crippen molar-refractivity contribution in [2.24, 2.45) is 14.1 Å². The molecule has 2 aliphatic heterocycles. The second kappa shape index (κ2) is 3.90. The van der Waals surface area contributed by atoms with Crippen LogP contribution in [0.1, 0.15) is 24.5 Å². The Morgan fingerprint density at radius 2 is 1.64 bits per heavy atom. The van der Waals surface area contributed by atoms with Crippen molar-refractivity contribution in [3.8, 4) is 0 Å². The minimum atomic E-state index is -0.506. The topological polar surface area (TPSA) is 109 Å². The Morgan fingerprint density at radius 3 is 2.27 bits per heavy atom. The van der Waals surface area contributed by atoms with Gasteiger partial charge >= 0.3 is 22.8 Å². The van der Waals surface area contributed by atoms with Crippen LogP contribution in [0.15, 0.2) is 31.3 Å². The monoisotopic (exact) mass is 306 g/mol. The first-order valence-electron chi connectivity index (χ1n) is 6.87. The van der Waals surface area contributed by atoms with Gasteiger partial charge in [-0.15, -0.1) is 0 Å². The molecule has 1 aliphatic carbocycles. The highest BCUT2D eigenvalue weighted by Crippen LogP contribution is 2.40. The van der Waals surface area contributed by atoms with E-state index in [2.05, 4.69) is 5.10 Å². The number of hydrogen-bond acceptors (Lipinski definition) is 4. The van der Waals surface area contributed by atoms with Crippen molar-refractivity contribution in [2.45, 2.75) is 24.5 Å². The lowest BCUT2D eigenvalue weighted by Crippen LogP contribution is -2.46. The SMILES string of the molecule is Cn1c(=O)[nH]n([C@H]2C[C@@H]3C=C[C@H]2n2c(=O)n(C)c(=O)n23)c1=O. The fourth-order valence-electron chi connectivity index (χ4n) is 3.37. The van der Waals surface area contributed by atoms with E-state index in [-0.39, 0.29) is 11.7 Å². The van der Waals surface area contributed by atoms with Crippen LogP contribution in [-0.4, -0.2) is 28.3 Å². The van der Waals surface area contributed by atoms with Gasteiger partial charge in [-0.3, -0.25) is 0 Å². The maximum absolute atomic E-state index is 12.3. The van der Waals surface area contributed by atoms with Crippen molar-refractivity contribution >= 4 is 0 Å². The molecule has 0 saturated heterocycles. The summed E-state index contributed by atoms with van der Waals surface area (Å²) in [5, 5.41) is 2.51. The molecule has 116 valence electrons. The maximum Gasteiger partial charge on any atom is 0.347 e. The van der Waals surface area contributed by atoms with Crippen LogP contribution in [-0.2, 0) is 14.1 Å². The van der Waals surface area contributed by atoms with Gasteiger partial charge in [0.15, 0.2) is 0 Å². The summed E-state index contributed by atoms with van der Waals surface area (Å²) in [5.41, 5.74) is -1.78. The number of aromatic nitrogens is 6. The second-order valence-electron chi connectivity index (χ2n) is 5.69. The van der Waals surface area contributed by atoms with E-state index < -0.39 is 29.2 Å². The van der Waals surface area contributed by atoms with E-state index in [9.17, 15) is 19.2 Å². The van der Waals surface area contributed by atoms with Gasteiger partial charge in [0.05, 0.1) is 18.1 Å². The fraction of sp³-hybridized carbons (Fsp3) is 0.500. The lowest BCUT2D eigenvalue weighted by molar-refractivity contribution is 0.167. The van der Waals surface area contributed by atoms with Gasteiger partial charge in [-0.25, -0.2) is 47.5 Å². The number of aromatic amines is 1. The van der Waals surface area contributed by atoms with Crippen LogP contribution in [0.5, 0.6) is 0 Å². The molecule has 0 unspecified atom stereocenters. The highest BCUT2D eigenvalue weighted by molar-refractivity contribution is 5.12. The smallest absolute Gasteiger partial charge is 0.246 e. The molecule has 0 radical (unpaired) electrons. The maximum atomic E-state index is 12.3. The van der Waals surface area contributed by atoms with E-state index in [0.717, 1.165) is 9.13 Å². The first-order valence-corrected chi connectivity index (χ1v) is 6.87. The molecule has 1 N–H and O–H groups in total. The molecule has 4 heterocycles. The van der Waals surface area contributed by atoms with Crippen molar-refractivity contribution in [2.75, 3.05) is 0 Å². The summed E-state index contributed by atoms with van der Waals surface area (Å²) in [6.45, 7) is 0. The normalized spacial score (nSPS) is 25.6. The second-order valence-corrected chi connectivity index (χ2v) is 5.69. The number of nitrogens with zero attached hydrogens (tertiary/aromatic N) is 5. The Morgan fingerprint density at radius 1 is 0.955 bits per heavy atom. The molecule has 22 heavy (non-hydrogen) atoms. The molecule has 0 fully saturated rings. The molecule has 5 rings (SSSR count). The highest BCUT2D eigenvalue weighted by atomic mass is 16.2. The predicted molar refractivity (Wildman–Crippen MR) is 75.1 cm³/mol. The Bertz CT molecular complexity index is 1040. The average molecular weight is 306 g/mol. The Labute approximate surface area is 122 Å². The minimum absolute atomic E-state index is 0.313. The Balaban J connectivity index is 1.96. The molecule has 2 aromatic heterocycles. The van der Waals surface area contributed by atoms with Gasteiger partial charge in [0.25, 0.3) is 0 Å². The quantitative estimate of drug-likeness (QED) is 0.605. The summed E-state index contributed by atoms with van der Waals surface area (Å²) < 4.78 is 6.05. The van der Waals surface area contributed by atoms with E-state index in [1.54, 1.807) is 6.08 Å². The van der Waals surface area contributed by atoms with Crippen LogP contribution in [0.2, 0.25) is 0 Å². The molecule has 2 bridgehead atoms. The van der Waals surface area contributed by atoms with Gasteiger partial charge in [0.2, 0.25) is 0 Å². The van der Waals surface area contributed by atoms with Crippen LogP contribution in [0.3, 0.4) is 0 Å². The van der Waals surface area contributed by atoms with Gasteiger partial charge in [0, 0.05) is 14.1 Å². The molecule has 0 spiro atoms. The van der Waals surface area contributed by atoms with Gasteiger partial charge < -0.3 is 0 Å². The fourth-order valence-corrected chi connectivity index (χ4v) is 3.37. The Hall–Kier alpha value is -2.78. The zero-order valence-electron chi connectivity index (χ0n) is 12.0. The molecular formula is C12H14N6O4. The summed E-state index contributed by atoms with van der Waals surface area (Å²) in [7, 11) is 2.81. The van der Waals surface area contributed by atoms with Crippen molar-refractivity contribution in [1.29, 1.82) is 0 Å². The molecule has 0 amide bonds. The molecule has 2 aromatic rings. The number of fused-ring (bicyclic) bond motifs is 1. The van der Waals surface area contributed by atoms with Crippen molar-refractivity contribution in [3.63, 3.8) is 0 Å². The number of allylic oxidation sites excluding steroid dienone is 2. The average Bonchev–Trinajstić information content (AvgIpc) is 2.92. The number of hydrogen-bond donors (Lipinski definition) is 1. The summed E-state index contributed by atoms with van der Waals surface area (Å²) in [6.07, 6.45) is 4.12. The third-order valence-corrected chi connectivity index (χ3v) is 4.55. The minimum Gasteiger partial charge on any atom is -0.246 e. The lowest BCUT2D eigenvalue weighted by Gasteiger charge is -2.39. The highest BCUT2D eigenvalue weighted by Gasteiger charge is 2.41. The van der Waals surface area contributed by atoms with Crippen LogP contribution in [0.25, 0.3) is 0 Å². The third-order valence-electron chi connectivity index (χ3n) is 4.55. The van der Waals surface area contributed by atoms with Gasteiger partial charge in [-0.2, -0.15) is 0 Å². The van der Waals surface area contributed by atoms with Crippen LogP contribution < -0.4 is 22.8 Å². The molecule has 3 atom stereocenters. The van der Waals surface area contributed by atoms with E-state index in [1.165, 1.54) is 28.1 Å². The van der Waals surface area contributed by atoms with Crippen LogP contribution in [0, 0.1) is 0 Å². The first kappa shape index (κ1) is 12.9. The summed E-state index contributed by atoms with van der Waals surface area (Å²) in [6, 6.07) is -1.20. The summed E-state index contributed by atoms with van der Waals surface area (Å²) >= 11 is 0. The van der Waals surface area contributed by atoms with Crippen LogP contribution in [0.4, 0.5) is 0 Å². The van der Waals surface area contributed by atoms with E-state index in [0.29, 0.717) is 6.42 Å². The largest absolute Gasteiger partial charge is 0.347 e. The predicted octanol–water partition coefficient (Wildman–Crippen LogP) is -2.17. The number of H-pyrrole nitrogens is 1. The van der Waals surface area contributed by atoms with E-state index in [4.69, 9.17) is 0 Å². The first-order chi connectivity index (χ1) is 10.4. The molecule has 3 aliphatic rings. The zero-order valence-corrected chi connectivity index (χ0v) is 12.0. The van der Waals surface area contributed by atoms with Gasteiger partial charge in [0.1, 0.15) is 0 Å².